The van der Waals surface area contributed by atoms with E-state index in [0.717, 1.165) is 0 Å². The number of carbonyl (C=O) groups is 1. The van der Waals surface area contributed by atoms with Crippen LogP contribution in [0.25, 0.3) is 0 Å². The highest BCUT2D eigenvalue weighted by atomic mass is 31.2. The maximum absolute atomic E-state index is 10.7. The number of rotatable bonds is 7. The Morgan fingerprint density at radius 3 is 2.00 bits per heavy atom. The minimum Gasteiger partial charge on any atom is -0.390 e. The first kappa shape index (κ1) is 15.6. The van der Waals surface area contributed by atoms with Crippen molar-refractivity contribution in [2.24, 2.45) is 0 Å². The molecule has 0 spiro atoms. The normalized spacial score (nSPS) is 16.2. The maximum atomic E-state index is 10.7. The zero-order valence-electron chi connectivity index (χ0n) is 8.00. The molecule has 0 heterocycles. The first-order chi connectivity index (χ1) is 7.13. The fourth-order valence-electron chi connectivity index (χ4n) is 0.732. The molecule has 0 aliphatic heterocycles. The third-order valence-electron chi connectivity index (χ3n) is 1.56. The summed E-state index contributed by atoms with van der Waals surface area (Å²) in [6, 6.07) is 0. The first-order valence-electron chi connectivity index (χ1n) is 4.08. The summed E-state index contributed by atoms with van der Waals surface area (Å²) >= 11 is 0. The Bertz CT molecular complexity index is 271. The van der Waals surface area contributed by atoms with E-state index in [1.807, 2.05) is 0 Å². The van der Waals surface area contributed by atoms with Crippen molar-refractivity contribution in [1.29, 1.82) is 0 Å². The molecule has 0 aromatic carbocycles. The molecule has 0 aliphatic carbocycles. The van der Waals surface area contributed by atoms with Gasteiger partial charge in [0.2, 0.25) is 6.29 Å². The molecule has 16 heavy (non-hydrogen) atoms. The molecule has 0 amide bonds. The Kier molecular flexibility index (Phi) is 6.23. The molecule has 0 aliphatic rings. The number of phosphoric ester groups is 1. The summed E-state index contributed by atoms with van der Waals surface area (Å²) in [7, 11) is -4.77. The minimum atomic E-state index is -4.77. The molecular weight excluding hydrogens is 247 g/mol. The Morgan fingerprint density at radius 1 is 1.12 bits per heavy atom. The van der Waals surface area contributed by atoms with Gasteiger partial charge in [0.1, 0.15) is 6.10 Å². The van der Waals surface area contributed by atoms with Crippen LogP contribution in [-0.2, 0) is 13.9 Å². The van der Waals surface area contributed by atoms with Gasteiger partial charge in [-0.2, -0.15) is 0 Å². The molecule has 0 bridgehead atoms. The van der Waals surface area contributed by atoms with Crippen molar-refractivity contribution in [3.8, 4) is 0 Å². The largest absolute Gasteiger partial charge is 0.469 e. The molecule has 9 nitrogen and oxygen atoms in total. The summed E-state index contributed by atoms with van der Waals surface area (Å²) in [6.07, 6.45) is -6.48. The topological polar surface area (TPSA) is 165 Å². The van der Waals surface area contributed by atoms with Crippen LogP contribution in [0.4, 0.5) is 0 Å². The Labute approximate surface area is 90.2 Å². The summed E-state index contributed by atoms with van der Waals surface area (Å²) in [4.78, 5) is 27.2. The lowest BCUT2D eigenvalue weighted by Crippen LogP contribution is -2.35. The molecule has 6 N–H and O–H groups in total. The van der Waals surface area contributed by atoms with Crippen molar-refractivity contribution in [3.05, 3.63) is 0 Å². The molecule has 0 saturated heterocycles. The summed E-state index contributed by atoms with van der Waals surface area (Å²) in [5.74, 6) is -1.14. The number of ketones is 1. The van der Waals surface area contributed by atoms with E-state index >= 15 is 0 Å². The van der Waals surface area contributed by atoms with Gasteiger partial charge in [-0.25, -0.2) is 4.57 Å². The van der Waals surface area contributed by atoms with Crippen LogP contribution in [-0.4, -0.2) is 61.1 Å². The molecule has 0 saturated carbocycles. The van der Waals surface area contributed by atoms with E-state index in [4.69, 9.17) is 30.2 Å². The van der Waals surface area contributed by atoms with Gasteiger partial charge in [0.15, 0.2) is 5.78 Å². The molecule has 0 aromatic rings. The smallest absolute Gasteiger partial charge is 0.390 e. The highest BCUT2D eigenvalue weighted by molar-refractivity contribution is 7.46. The molecule has 2 atom stereocenters. The van der Waals surface area contributed by atoms with Gasteiger partial charge in [0.25, 0.3) is 0 Å². The van der Waals surface area contributed by atoms with Crippen molar-refractivity contribution in [1.82, 2.24) is 0 Å². The van der Waals surface area contributed by atoms with E-state index in [1.165, 1.54) is 0 Å². The Hall–Kier alpha value is -0.380. The monoisotopic (exact) mass is 260 g/mol. The second-order valence-electron chi connectivity index (χ2n) is 2.97. The van der Waals surface area contributed by atoms with Gasteiger partial charge in [-0.3, -0.25) is 9.32 Å². The van der Waals surface area contributed by atoms with Crippen LogP contribution in [0.3, 0.4) is 0 Å². The van der Waals surface area contributed by atoms with Crippen molar-refractivity contribution in [2.45, 2.75) is 24.9 Å². The number of Topliss-reactive ketones (excluding diaryl/α,β-unsaturated/α-hetero) is 1. The third kappa shape index (κ3) is 6.99. The van der Waals surface area contributed by atoms with Gasteiger partial charge in [-0.1, -0.05) is 0 Å². The number of carbonyl (C=O) groups excluding carboxylic acids is 1. The van der Waals surface area contributed by atoms with Crippen molar-refractivity contribution < 1.29 is 44.1 Å². The third-order valence-corrected chi connectivity index (χ3v) is 2.04. The van der Waals surface area contributed by atoms with Crippen LogP contribution in [0, 0.1) is 0 Å². The van der Waals surface area contributed by atoms with Gasteiger partial charge in [-0.15, -0.1) is 0 Å². The molecule has 2 unspecified atom stereocenters. The number of aliphatic hydroxyl groups is 4. The maximum Gasteiger partial charge on any atom is 0.469 e. The summed E-state index contributed by atoms with van der Waals surface area (Å²) in [6.45, 7) is -0.889. The molecule has 10 heteroatoms. The highest BCUT2D eigenvalue weighted by Gasteiger charge is 2.25. The molecular formula is C6H13O9P. The van der Waals surface area contributed by atoms with Gasteiger partial charge in [-0.05, 0) is 0 Å². The van der Waals surface area contributed by atoms with Crippen LogP contribution in [0.5, 0.6) is 0 Å². The lowest BCUT2D eigenvalue weighted by Gasteiger charge is -2.17. The number of hydrogen-bond acceptors (Lipinski definition) is 7. The van der Waals surface area contributed by atoms with Gasteiger partial charge in [0.05, 0.1) is 12.7 Å². The average molecular weight is 260 g/mol. The summed E-state index contributed by atoms with van der Waals surface area (Å²) in [5, 5.41) is 34.9. The average Bonchev–Trinajstić information content (AvgIpc) is 2.12. The Morgan fingerprint density at radius 2 is 1.62 bits per heavy atom. The zero-order chi connectivity index (χ0) is 12.9. The van der Waals surface area contributed by atoms with Crippen LogP contribution >= 0.6 is 7.82 Å². The van der Waals surface area contributed by atoms with Crippen LogP contribution in [0.1, 0.15) is 6.42 Å². The fourth-order valence-corrected chi connectivity index (χ4v) is 1.08. The van der Waals surface area contributed by atoms with E-state index in [-0.39, 0.29) is 0 Å². The highest BCUT2D eigenvalue weighted by Crippen LogP contribution is 2.35. The number of hydrogen-bond donors (Lipinski definition) is 6. The minimum absolute atomic E-state index is 0.774. The first-order valence-corrected chi connectivity index (χ1v) is 5.61. The van der Waals surface area contributed by atoms with Crippen molar-refractivity contribution in [3.63, 3.8) is 0 Å². The predicted octanol–water partition coefficient (Wildman–Crippen LogP) is -2.91. The second kappa shape index (κ2) is 6.38. The van der Waals surface area contributed by atoms with E-state index in [1.54, 1.807) is 0 Å². The van der Waals surface area contributed by atoms with E-state index in [9.17, 15) is 9.36 Å². The number of aliphatic hydroxyl groups excluding tert-OH is 3. The molecule has 0 fully saturated rings. The van der Waals surface area contributed by atoms with Crippen molar-refractivity contribution >= 4 is 13.6 Å². The predicted molar refractivity (Wildman–Crippen MR) is 47.9 cm³/mol. The Balaban J connectivity index is 4.04. The van der Waals surface area contributed by atoms with Gasteiger partial charge < -0.3 is 30.2 Å². The molecule has 0 rings (SSSR count). The molecule has 0 aromatic heterocycles. The zero-order valence-corrected chi connectivity index (χ0v) is 8.90. The lowest BCUT2D eigenvalue weighted by molar-refractivity contribution is -0.149. The SMILES string of the molecule is O=C(CC(O)C(O)COP(=O)(O)O)C(O)O. The van der Waals surface area contributed by atoms with Crippen LogP contribution in [0.2, 0.25) is 0 Å². The van der Waals surface area contributed by atoms with E-state index < -0.39 is 45.1 Å². The summed E-state index contributed by atoms with van der Waals surface area (Å²) < 4.78 is 14.1. The quantitative estimate of drug-likeness (QED) is 0.208. The number of phosphoric acid groups is 1. The summed E-state index contributed by atoms with van der Waals surface area (Å²) in [5.41, 5.74) is 0. The van der Waals surface area contributed by atoms with Crippen LogP contribution in [0.15, 0.2) is 0 Å². The molecule has 96 valence electrons. The standard InChI is InChI=1S/C6H13O9P/c7-3(1-4(8)6(10)11)5(9)2-15-16(12,13)14/h3,5-7,9-11H,1-2H2,(H2,12,13,14). The van der Waals surface area contributed by atoms with E-state index in [0.29, 0.717) is 0 Å². The fraction of sp³-hybridized carbons (Fsp3) is 0.833. The van der Waals surface area contributed by atoms with Gasteiger partial charge in [0, 0.05) is 6.42 Å². The second-order valence-corrected chi connectivity index (χ2v) is 4.20. The van der Waals surface area contributed by atoms with Crippen molar-refractivity contribution in [2.75, 3.05) is 6.61 Å². The molecule has 0 radical (unpaired) electrons. The van der Waals surface area contributed by atoms with Gasteiger partial charge >= 0.3 is 7.82 Å². The van der Waals surface area contributed by atoms with Crippen LogP contribution < -0.4 is 0 Å². The lowest BCUT2D eigenvalue weighted by atomic mass is 10.1. The van der Waals surface area contributed by atoms with E-state index in [2.05, 4.69) is 4.52 Å².